The highest BCUT2D eigenvalue weighted by molar-refractivity contribution is 7.21. The van der Waals surface area contributed by atoms with Crippen molar-refractivity contribution in [2.24, 2.45) is 23.7 Å². The van der Waals surface area contributed by atoms with Gasteiger partial charge in [-0.25, -0.2) is 4.79 Å². The molecule has 4 unspecified atom stereocenters. The fraction of sp³-hybridized carbons (Fsp3) is 0.550. The molecule has 1 aromatic carbocycles. The maximum atomic E-state index is 11.8. The van der Waals surface area contributed by atoms with E-state index in [-0.39, 0.29) is 4.88 Å². The number of carboxylic acids is 1. The molecule has 1 N–H and O–H groups in total. The zero-order valence-corrected chi connectivity index (χ0v) is 16.1. The van der Waals surface area contributed by atoms with Crippen LogP contribution in [-0.4, -0.2) is 31.9 Å². The summed E-state index contributed by atoms with van der Waals surface area (Å²) < 4.78 is 17.9. The second-order valence-electron chi connectivity index (χ2n) is 7.41. The van der Waals surface area contributed by atoms with Crippen LogP contribution in [0.15, 0.2) is 12.1 Å². The van der Waals surface area contributed by atoms with E-state index in [9.17, 15) is 9.90 Å². The predicted octanol–water partition coefficient (Wildman–Crippen LogP) is 4.68. The van der Waals surface area contributed by atoms with E-state index in [1.807, 2.05) is 6.07 Å². The van der Waals surface area contributed by atoms with E-state index < -0.39 is 5.97 Å². The molecular formula is C20H24O5S. The van der Waals surface area contributed by atoms with E-state index >= 15 is 0 Å². The van der Waals surface area contributed by atoms with Gasteiger partial charge in [-0.1, -0.05) is 6.92 Å². The molecule has 4 atom stereocenters. The number of aromatic carboxylic acids is 1. The average Bonchev–Trinajstić information content (AvgIpc) is 3.32. The average molecular weight is 376 g/mol. The van der Waals surface area contributed by atoms with E-state index in [0.717, 1.165) is 10.6 Å². The van der Waals surface area contributed by atoms with Crippen LogP contribution in [0.1, 0.15) is 35.9 Å². The van der Waals surface area contributed by atoms with Crippen LogP contribution in [0.2, 0.25) is 0 Å². The topological polar surface area (TPSA) is 65.0 Å². The number of hydrogen-bond donors (Lipinski definition) is 1. The lowest BCUT2D eigenvalue weighted by atomic mass is 9.81. The first-order valence-corrected chi connectivity index (χ1v) is 9.90. The summed E-state index contributed by atoms with van der Waals surface area (Å²) in [5.74, 6) is 3.22. The number of carbonyl (C=O) groups is 1. The quantitative estimate of drug-likeness (QED) is 0.793. The molecule has 0 spiro atoms. The van der Waals surface area contributed by atoms with Gasteiger partial charge in [0.15, 0.2) is 22.1 Å². The zero-order chi connectivity index (χ0) is 18.4. The number of benzene rings is 1. The normalized spacial score (nSPS) is 27.0. The smallest absolute Gasteiger partial charge is 0.349 e. The SMILES string of the molecule is COc1ccc2sc(C(=O)O)c(OCC3C4CCC(C4)C3C)c2c1OC. The lowest BCUT2D eigenvalue weighted by Crippen LogP contribution is -2.26. The second kappa shape index (κ2) is 6.65. The van der Waals surface area contributed by atoms with Crippen molar-refractivity contribution in [1.82, 2.24) is 0 Å². The molecule has 0 saturated heterocycles. The number of hydrogen-bond acceptors (Lipinski definition) is 5. The Labute approximate surface area is 156 Å². The van der Waals surface area contributed by atoms with Crippen LogP contribution in [0.25, 0.3) is 10.1 Å². The minimum Gasteiger partial charge on any atom is -0.493 e. The Morgan fingerprint density at radius 1 is 1.19 bits per heavy atom. The Bertz CT molecular complexity index is 840. The number of thiophene rings is 1. The molecule has 4 rings (SSSR count). The second-order valence-corrected chi connectivity index (χ2v) is 8.46. The van der Waals surface area contributed by atoms with Gasteiger partial charge >= 0.3 is 5.97 Å². The molecule has 2 aromatic rings. The molecule has 2 fully saturated rings. The Balaban J connectivity index is 1.72. The van der Waals surface area contributed by atoms with Crippen molar-refractivity contribution in [3.8, 4) is 17.2 Å². The number of fused-ring (bicyclic) bond motifs is 3. The molecule has 6 heteroatoms. The first kappa shape index (κ1) is 17.5. The molecule has 0 aliphatic heterocycles. The van der Waals surface area contributed by atoms with E-state index in [1.54, 1.807) is 20.3 Å². The summed E-state index contributed by atoms with van der Waals surface area (Å²) in [6.45, 7) is 2.88. The molecule has 140 valence electrons. The summed E-state index contributed by atoms with van der Waals surface area (Å²) in [6.07, 6.45) is 3.90. The van der Waals surface area contributed by atoms with Crippen LogP contribution in [0.3, 0.4) is 0 Å². The van der Waals surface area contributed by atoms with Crippen molar-refractivity contribution in [2.75, 3.05) is 20.8 Å². The molecule has 2 aliphatic carbocycles. The zero-order valence-electron chi connectivity index (χ0n) is 15.3. The minimum absolute atomic E-state index is 0.224. The Morgan fingerprint density at radius 2 is 1.96 bits per heavy atom. The highest BCUT2D eigenvalue weighted by Crippen LogP contribution is 2.53. The standard InChI is InChI=1S/C20H24O5S/c1-10-11-4-5-12(8-11)13(10)9-25-18-16-15(26-19(18)20(21)22)7-6-14(23-2)17(16)24-3/h6-7,10-13H,4-5,8-9H2,1-3H3,(H,21,22). The van der Waals surface area contributed by atoms with Crippen molar-refractivity contribution in [3.63, 3.8) is 0 Å². The molecule has 2 aliphatic rings. The number of methoxy groups -OCH3 is 2. The van der Waals surface area contributed by atoms with Crippen molar-refractivity contribution >= 4 is 27.4 Å². The molecule has 5 nitrogen and oxygen atoms in total. The molecule has 2 bridgehead atoms. The van der Waals surface area contributed by atoms with Crippen molar-refractivity contribution in [1.29, 1.82) is 0 Å². The maximum absolute atomic E-state index is 11.8. The third kappa shape index (κ3) is 2.62. The van der Waals surface area contributed by atoms with Gasteiger partial charge in [-0.15, -0.1) is 11.3 Å². The van der Waals surface area contributed by atoms with Gasteiger partial charge in [-0.3, -0.25) is 0 Å². The number of ether oxygens (including phenoxy) is 3. The first-order valence-electron chi connectivity index (χ1n) is 9.08. The first-order chi connectivity index (χ1) is 12.5. The van der Waals surface area contributed by atoms with Gasteiger partial charge in [0.1, 0.15) is 0 Å². The Kier molecular flexibility index (Phi) is 4.47. The fourth-order valence-corrected chi connectivity index (χ4v) is 5.91. The van der Waals surface area contributed by atoms with Crippen molar-refractivity contribution < 1.29 is 24.1 Å². The number of rotatable bonds is 6. The summed E-state index contributed by atoms with van der Waals surface area (Å²) in [4.78, 5) is 12.0. The Morgan fingerprint density at radius 3 is 2.58 bits per heavy atom. The number of carboxylic acid groups (broad SMARTS) is 1. The van der Waals surface area contributed by atoms with Gasteiger partial charge in [0.2, 0.25) is 0 Å². The van der Waals surface area contributed by atoms with Crippen LogP contribution in [0, 0.1) is 23.7 Å². The van der Waals surface area contributed by atoms with E-state index in [1.165, 1.54) is 30.6 Å². The minimum atomic E-state index is -0.969. The van der Waals surface area contributed by atoms with Gasteiger partial charge in [0.25, 0.3) is 0 Å². The monoisotopic (exact) mass is 376 g/mol. The van der Waals surface area contributed by atoms with Gasteiger partial charge in [-0.05, 0) is 55.1 Å². The van der Waals surface area contributed by atoms with Crippen molar-refractivity contribution in [2.45, 2.75) is 26.2 Å². The molecule has 26 heavy (non-hydrogen) atoms. The summed E-state index contributed by atoms with van der Waals surface area (Å²) in [5, 5.41) is 10.4. The van der Waals surface area contributed by atoms with Gasteiger partial charge in [0, 0.05) is 4.70 Å². The lowest BCUT2D eigenvalue weighted by molar-refractivity contribution is 0.0695. The lowest BCUT2D eigenvalue weighted by Gasteiger charge is -2.28. The highest BCUT2D eigenvalue weighted by atomic mass is 32.1. The molecule has 0 amide bonds. The van der Waals surface area contributed by atoms with Gasteiger partial charge < -0.3 is 19.3 Å². The molecule has 1 heterocycles. The summed E-state index contributed by atoms with van der Waals surface area (Å²) in [7, 11) is 3.14. The molecule has 1 aromatic heterocycles. The van der Waals surface area contributed by atoms with E-state index in [0.29, 0.717) is 47.0 Å². The van der Waals surface area contributed by atoms with Crippen molar-refractivity contribution in [3.05, 3.63) is 17.0 Å². The third-order valence-electron chi connectivity index (χ3n) is 6.31. The molecule has 2 saturated carbocycles. The highest BCUT2D eigenvalue weighted by Gasteiger charge is 2.45. The van der Waals surface area contributed by atoms with E-state index in [4.69, 9.17) is 14.2 Å². The van der Waals surface area contributed by atoms with Gasteiger partial charge in [-0.2, -0.15) is 0 Å². The Hall–Kier alpha value is -1.95. The van der Waals surface area contributed by atoms with E-state index in [2.05, 4.69) is 6.92 Å². The molecular weight excluding hydrogens is 352 g/mol. The predicted molar refractivity (Wildman–Crippen MR) is 101 cm³/mol. The third-order valence-corrected chi connectivity index (χ3v) is 7.43. The van der Waals surface area contributed by atoms with Crippen LogP contribution in [0.4, 0.5) is 0 Å². The summed E-state index contributed by atoms with van der Waals surface area (Å²) in [6, 6.07) is 3.66. The van der Waals surface area contributed by atoms with Crippen LogP contribution < -0.4 is 14.2 Å². The largest absolute Gasteiger partial charge is 0.493 e. The van der Waals surface area contributed by atoms with Crippen LogP contribution in [-0.2, 0) is 0 Å². The molecule has 0 radical (unpaired) electrons. The maximum Gasteiger partial charge on any atom is 0.349 e. The van der Waals surface area contributed by atoms with Crippen LogP contribution in [0.5, 0.6) is 17.2 Å². The summed E-state index contributed by atoms with van der Waals surface area (Å²) >= 11 is 1.22. The fourth-order valence-electron chi connectivity index (χ4n) is 4.92. The van der Waals surface area contributed by atoms with Crippen LogP contribution >= 0.6 is 11.3 Å². The summed E-state index contributed by atoms with van der Waals surface area (Å²) in [5.41, 5.74) is 0. The van der Waals surface area contributed by atoms with Gasteiger partial charge in [0.05, 0.1) is 26.2 Å².